The highest BCUT2D eigenvalue weighted by molar-refractivity contribution is 6.33. The summed E-state index contributed by atoms with van der Waals surface area (Å²) < 4.78 is 7.48. The van der Waals surface area contributed by atoms with Crippen LogP contribution in [0.3, 0.4) is 0 Å². The molecule has 6 nitrogen and oxygen atoms in total. The third-order valence-corrected chi connectivity index (χ3v) is 4.50. The van der Waals surface area contributed by atoms with Crippen LogP contribution in [0.15, 0.2) is 12.4 Å². The minimum Gasteiger partial charge on any atom is -0.447 e. The molecule has 2 aromatic rings. The smallest absolute Gasteiger partial charge is 0.410 e. The molecule has 23 heavy (non-hydrogen) atoms. The van der Waals surface area contributed by atoms with Crippen LogP contribution < -0.4 is 0 Å². The minimum absolute atomic E-state index is 0.0882. The van der Waals surface area contributed by atoms with Crippen molar-refractivity contribution in [2.75, 3.05) is 13.1 Å². The van der Waals surface area contributed by atoms with Gasteiger partial charge in [0.25, 0.3) is 0 Å². The number of likely N-dealkylation sites (tertiary alicyclic amines) is 1. The summed E-state index contributed by atoms with van der Waals surface area (Å²) in [5.41, 5.74) is 1.98. The van der Waals surface area contributed by atoms with Crippen LogP contribution in [0, 0.1) is 6.92 Å². The summed E-state index contributed by atoms with van der Waals surface area (Å²) in [6.45, 7) is 7.16. The van der Waals surface area contributed by atoms with Crippen molar-refractivity contribution < 1.29 is 9.53 Å². The van der Waals surface area contributed by atoms with E-state index in [1.54, 1.807) is 4.90 Å². The number of carbonyl (C=O) groups is 1. The Hall–Kier alpha value is -1.82. The molecule has 1 fully saturated rings. The summed E-state index contributed by atoms with van der Waals surface area (Å²) in [7, 11) is 0. The molecule has 0 saturated carbocycles. The highest BCUT2D eigenvalue weighted by atomic mass is 35.5. The molecule has 0 unspecified atom stereocenters. The van der Waals surface area contributed by atoms with Gasteiger partial charge in [0.2, 0.25) is 0 Å². The SMILES string of the molecule is Cc1cc2c(Cl)ncnc2n1C1CCN(C(=O)OC(C)C)CC1. The number of rotatable bonds is 2. The van der Waals surface area contributed by atoms with Crippen molar-refractivity contribution in [3.63, 3.8) is 0 Å². The lowest BCUT2D eigenvalue weighted by atomic mass is 10.0. The molecule has 0 radical (unpaired) electrons. The van der Waals surface area contributed by atoms with Crippen LogP contribution in [0.5, 0.6) is 0 Å². The van der Waals surface area contributed by atoms with Crippen molar-refractivity contribution in [3.8, 4) is 0 Å². The number of fused-ring (bicyclic) bond motifs is 1. The lowest BCUT2D eigenvalue weighted by molar-refractivity contribution is 0.0662. The van der Waals surface area contributed by atoms with Gasteiger partial charge < -0.3 is 14.2 Å². The maximum Gasteiger partial charge on any atom is 0.410 e. The van der Waals surface area contributed by atoms with Crippen LogP contribution in [0.1, 0.15) is 38.4 Å². The van der Waals surface area contributed by atoms with Crippen LogP contribution in [-0.2, 0) is 4.74 Å². The van der Waals surface area contributed by atoms with Gasteiger partial charge in [0, 0.05) is 24.8 Å². The molecule has 0 atom stereocenters. The molecule has 0 N–H and O–H groups in total. The molecule has 3 rings (SSSR count). The van der Waals surface area contributed by atoms with Crippen LogP contribution in [-0.4, -0.2) is 44.7 Å². The molecule has 2 aromatic heterocycles. The number of nitrogens with zero attached hydrogens (tertiary/aromatic N) is 4. The fourth-order valence-corrected chi connectivity index (χ4v) is 3.35. The first kappa shape index (κ1) is 16.1. The predicted molar refractivity (Wildman–Crippen MR) is 88.7 cm³/mol. The van der Waals surface area contributed by atoms with E-state index in [1.165, 1.54) is 6.33 Å². The second-order valence-electron chi connectivity index (χ2n) is 6.21. The van der Waals surface area contributed by atoms with E-state index in [2.05, 4.69) is 21.5 Å². The Morgan fingerprint density at radius 2 is 2.04 bits per heavy atom. The van der Waals surface area contributed by atoms with Crippen molar-refractivity contribution in [1.82, 2.24) is 19.4 Å². The zero-order chi connectivity index (χ0) is 16.6. The summed E-state index contributed by atoms with van der Waals surface area (Å²) >= 11 is 6.16. The van der Waals surface area contributed by atoms with Gasteiger partial charge in [0.1, 0.15) is 17.1 Å². The van der Waals surface area contributed by atoms with Crippen molar-refractivity contribution in [2.24, 2.45) is 0 Å². The maximum absolute atomic E-state index is 12.0. The number of carbonyl (C=O) groups excluding carboxylic acids is 1. The summed E-state index contributed by atoms with van der Waals surface area (Å²) in [5, 5.41) is 1.36. The third-order valence-electron chi connectivity index (χ3n) is 4.20. The van der Waals surface area contributed by atoms with Crippen LogP contribution in [0.2, 0.25) is 5.15 Å². The lowest BCUT2D eigenvalue weighted by Crippen LogP contribution is -2.40. The molecule has 1 aliphatic rings. The van der Waals surface area contributed by atoms with Gasteiger partial charge in [0.15, 0.2) is 0 Å². The molecule has 124 valence electrons. The summed E-state index contributed by atoms with van der Waals surface area (Å²) in [6, 6.07) is 2.33. The van der Waals surface area contributed by atoms with E-state index in [-0.39, 0.29) is 12.2 Å². The molecule has 1 aliphatic heterocycles. The Morgan fingerprint density at radius 3 is 2.70 bits per heavy atom. The largest absolute Gasteiger partial charge is 0.447 e. The van der Waals surface area contributed by atoms with E-state index in [9.17, 15) is 4.79 Å². The summed E-state index contributed by atoms with van der Waals surface area (Å²) in [4.78, 5) is 22.2. The van der Waals surface area contributed by atoms with Gasteiger partial charge in [0.05, 0.1) is 11.5 Å². The van der Waals surface area contributed by atoms with E-state index in [0.717, 1.165) is 29.6 Å². The number of amides is 1. The molecule has 3 heterocycles. The van der Waals surface area contributed by atoms with Crippen molar-refractivity contribution in [2.45, 2.75) is 45.8 Å². The van der Waals surface area contributed by atoms with Crippen molar-refractivity contribution in [3.05, 3.63) is 23.2 Å². The van der Waals surface area contributed by atoms with Gasteiger partial charge in [-0.3, -0.25) is 0 Å². The van der Waals surface area contributed by atoms with Crippen molar-refractivity contribution in [1.29, 1.82) is 0 Å². The highest BCUT2D eigenvalue weighted by Crippen LogP contribution is 2.31. The lowest BCUT2D eigenvalue weighted by Gasteiger charge is -2.33. The van der Waals surface area contributed by atoms with E-state index in [0.29, 0.717) is 24.3 Å². The topological polar surface area (TPSA) is 60.2 Å². The quantitative estimate of drug-likeness (QED) is 0.786. The maximum atomic E-state index is 12.0. The Bertz CT molecular complexity index is 720. The number of aromatic nitrogens is 3. The molecular weight excluding hydrogens is 316 g/mol. The Balaban J connectivity index is 1.77. The van der Waals surface area contributed by atoms with E-state index in [4.69, 9.17) is 16.3 Å². The fraction of sp³-hybridized carbons (Fsp3) is 0.562. The predicted octanol–water partition coefficient (Wildman–Crippen LogP) is 3.58. The Morgan fingerprint density at radius 1 is 1.35 bits per heavy atom. The number of hydrogen-bond acceptors (Lipinski definition) is 4. The molecule has 1 saturated heterocycles. The summed E-state index contributed by atoms with van der Waals surface area (Å²) in [5.74, 6) is 0. The van der Waals surface area contributed by atoms with Gasteiger partial charge in [-0.15, -0.1) is 0 Å². The second kappa shape index (κ2) is 6.35. The third kappa shape index (κ3) is 3.13. The van der Waals surface area contributed by atoms with Crippen LogP contribution in [0.4, 0.5) is 4.79 Å². The minimum atomic E-state index is -0.224. The average molecular weight is 337 g/mol. The number of aryl methyl sites for hydroxylation is 1. The van der Waals surface area contributed by atoms with Gasteiger partial charge in [-0.1, -0.05) is 11.6 Å². The number of halogens is 1. The number of ether oxygens (including phenoxy) is 1. The van der Waals surface area contributed by atoms with E-state index in [1.807, 2.05) is 19.9 Å². The second-order valence-corrected chi connectivity index (χ2v) is 6.57. The molecule has 7 heteroatoms. The van der Waals surface area contributed by atoms with Crippen LogP contribution >= 0.6 is 11.6 Å². The molecule has 0 bridgehead atoms. The summed E-state index contributed by atoms with van der Waals surface area (Å²) in [6.07, 6.45) is 2.93. The first-order valence-electron chi connectivity index (χ1n) is 7.91. The number of hydrogen-bond donors (Lipinski definition) is 0. The molecular formula is C16H21ClN4O2. The molecule has 0 spiro atoms. The standard InChI is InChI=1S/C16H21ClN4O2/c1-10(2)23-16(22)20-6-4-12(5-7-20)21-11(3)8-13-14(17)18-9-19-15(13)21/h8-10,12H,4-7H2,1-3H3. The van der Waals surface area contributed by atoms with Gasteiger partial charge >= 0.3 is 6.09 Å². The molecule has 0 aliphatic carbocycles. The van der Waals surface area contributed by atoms with E-state index >= 15 is 0 Å². The van der Waals surface area contributed by atoms with Gasteiger partial charge in [-0.2, -0.15) is 0 Å². The fourth-order valence-electron chi connectivity index (χ4n) is 3.17. The number of piperidine rings is 1. The molecule has 0 aromatic carbocycles. The van der Waals surface area contributed by atoms with Gasteiger partial charge in [-0.05, 0) is 39.7 Å². The highest BCUT2D eigenvalue weighted by Gasteiger charge is 2.27. The average Bonchev–Trinajstić information content (AvgIpc) is 2.84. The molecule has 1 amide bonds. The normalized spacial score (nSPS) is 16.3. The Labute approximate surface area is 140 Å². The zero-order valence-corrected chi connectivity index (χ0v) is 14.4. The zero-order valence-electron chi connectivity index (χ0n) is 13.6. The monoisotopic (exact) mass is 336 g/mol. The first-order chi connectivity index (χ1) is 11.0. The van der Waals surface area contributed by atoms with Gasteiger partial charge in [-0.25, -0.2) is 14.8 Å². The Kier molecular flexibility index (Phi) is 4.43. The van der Waals surface area contributed by atoms with E-state index < -0.39 is 0 Å². The van der Waals surface area contributed by atoms with Crippen molar-refractivity contribution >= 4 is 28.7 Å². The first-order valence-corrected chi connectivity index (χ1v) is 8.28. The van der Waals surface area contributed by atoms with Crippen LogP contribution in [0.25, 0.3) is 11.0 Å².